The number of rotatable bonds is 12. The lowest BCUT2D eigenvalue weighted by atomic mass is 9.81. The molecule has 1 atom stereocenters. The summed E-state index contributed by atoms with van der Waals surface area (Å²) in [6.07, 6.45) is 2.30. The van der Waals surface area contributed by atoms with Gasteiger partial charge in [-0.2, -0.15) is 0 Å². The number of aliphatic hydroxyl groups is 1. The Morgan fingerprint density at radius 1 is 0.600 bits per heavy atom. The molecule has 0 heterocycles. The van der Waals surface area contributed by atoms with Crippen molar-refractivity contribution in [2.24, 2.45) is 0 Å². The quantitative estimate of drug-likeness (QED) is 0.171. The second kappa shape index (κ2) is 12.4. The van der Waals surface area contributed by atoms with Gasteiger partial charge in [0, 0.05) is 12.3 Å². The Morgan fingerprint density at radius 3 is 1.66 bits per heavy atom. The highest BCUT2D eigenvalue weighted by atomic mass is 35.5. The molecule has 35 heavy (non-hydrogen) atoms. The highest BCUT2D eigenvalue weighted by Crippen LogP contribution is 2.35. The van der Waals surface area contributed by atoms with E-state index in [9.17, 15) is 5.11 Å². The fourth-order valence-electron chi connectivity index (χ4n) is 4.04. The second-order valence-electron chi connectivity index (χ2n) is 8.59. The lowest BCUT2D eigenvalue weighted by molar-refractivity contribution is 0.0810. The Kier molecular flexibility index (Phi) is 8.83. The molecule has 0 fully saturated rings. The third kappa shape index (κ3) is 6.88. The molecule has 0 aliphatic rings. The fourth-order valence-corrected chi connectivity index (χ4v) is 4.23. The molecule has 0 spiro atoms. The fraction of sp³-hybridized carbons (Fsp3) is 0.226. The van der Waals surface area contributed by atoms with Crippen molar-refractivity contribution in [2.45, 2.75) is 31.5 Å². The molecule has 0 radical (unpaired) electrons. The maximum atomic E-state index is 12.0. The standard InChI is InChI=1S/C31H31ClO3/c32-21-7-8-22-34-29-17-13-27(14-18-29)31(33,23-25-9-3-1-4-10-25)28-15-19-30(20-16-28)35-24-26-11-5-2-6-12-26/h1-6,9-20,33H,7-8,21-24H2. The van der Waals surface area contributed by atoms with Gasteiger partial charge in [0.15, 0.2) is 0 Å². The van der Waals surface area contributed by atoms with E-state index in [4.69, 9.17) is 21.1 Å². The molecule has 4 heteroatoms. The molecule has 0 bridgehead atoms. The molecule has 4 aromatic rings. The number of ether oxygens (including phenoxy) is 2. The third-order valence-electron chi connectivity index (χ3n) is 6.01. The summed E-state index contributed by atoms with van der Waals surface area (Å²) in [7, 11) is 0. The molecule has 1 N–H and O–H groups in total. The largest absolute Gasteiger partial charge is 0.494 e. The topological polar surface area (TPSA) is 38.7 Å². The number of hydrogen-bond acceptors (Lipinski definition) is 3. The van der Waals surface area contributed by atoms with Gasteiger partial charge in [-0.1, -0.05) is 84.9 Å². The molecule has 3 nitrogen and oxygen atoms in total. The Balaban J connectivity index is 1.54. The SMILES string of the molecule is OC(Cc1ccccc1)(c1ccc(OCCCCCl)cc1)c1ccc(OCc2ccccc2)cc1. The molecular weight excluding hydrogens is 456 g/mol. The average Bonchev–Trinajstić information content (AvgIpc) is 2.92. The maximum absolute atomic E-state index is 12.0. The number of unbranched alkanes of at least 4 members (excludes halogenated alkanes) is 1. The molecular formula is C31H31ClO3. The van der Waals surface area contributed by atoms with Gasteiger partial charge in [-0.25, -0.2) is 0 Å². The first-order valence-electron chi connectivity index (χ1n) is 12.0. The first-order valence-corrected chi connectivity index (χ1v) is 12.5. The van der Waals surface area contributed by atoms with E-state index in [0.717, 1.165) is 46.6 Å². The van der Waals surface area contributed by atoms with Crippen LogP contribution in [0.5, 0.6) is 11.5 Å². The second-order valence-corrected chi connectivity index (χ2v) is 8.97. The van der Waals surface area contributed by atoms with Crippen LogP contribution >= 0.6 is 11.6 Å². The normalized spacial score (nSPS) is 12.6. The van der Waals surface area contributed by atoms with Crippen molar-refractivity contribution in [3.8, 4) is 11.5 Å². The number of benzene rings is 4. The summed E-state index contributed by atoms with van der Waals surface area (Å²) >= 11 is 5.74. The summed E-state index contributed by atoms with van der Waals surface area (Å²) in [5.74, 6) is 2.20. The van der Waals surface area contributed by atoms with E-state index >= 15 is 0 Å². The Hall–Kier alpha value is -3.27. The van der Waals surface area contributed by atoms with Crippen LogP contribution in [-0.4, -0.2) is 17.6 Å². The number of alkyl halides is 1. The molecule has 0 saturated carbocycles. The molecule has 1 unspecified atom stereocenters. The molecule has 4 aromatic carbocycles. The van der Waals surface area contributed by atoms with E-state index in [1.165, 1.54) is 0 Å². The van der Waals surface area contributed by atoms with Gasteiger partial charge in [0.2, 0.25) is 0 Å². The van der Waals surface area contributed by atoms with Gasteiger partial charge in [-0.3, -0.25) is 0 Å². The van der Waals surface area contributed by atoms with Crippen LogP contribution in [0.15, 0.2) is 109 Å². The zero-order valence-electron chi connectivity index (χ0n) is 19.8. The molecule has 0 aliphatic carbocycles. The lowest BCUT2D eigenvalue weighted by Gasteiger charge is -2.30. The van der Waals surface area contributed by atoms with Crippen molar-refractivity contribution in [3.63, 3.8) is 0 Å². The minimum atomic E-state index is -1.20. The van der Waals surface area contributed by atoms with E-state index in [1.807, 2.05) is 109 Å². The van der Waals surface area contributed by atoms with Gasteiger partial charge in [0.1, 0.15) is 23.7 Å². The Morgan fingerprint density at radius 2 is 1.11 bits per heavy atom. The highest BCUT2D eigenvalue weighted by Gasteiger charge is 2.32. The van der Waals surface area contributed by atoms with Crippen molar-refractivity contribution >= 4 is 11.6 Å². The van der Waals surface area contributed by atoms with Gasteiger partial charge in [-0.15, -0.1) is 11.6 Å². The predicted molar refractivity (Wildman–Crippen MR) is 142 cm³/mol. The van der Waals surface area contributed by atoms with Crippen molar-refractivity contribution < 1.29 is 14.6 Å². The zero-order valence-corrected chi connectivity index (χ0v) is 20.5. The van der Waals surface area contributed by atoms with Gasteiger partial charge >= 0.3 is 0 Å². The molecule has 0 saturated heterocycles. The van der Waals surface area contributed by atoms with Crippen LogP contribution in [0, 0.1) is 0 Å². The van der Waals surface area contributed by atoms with Gasteiger partial charge in [0.25, 0.3) is 0 Å². The average molecular weight is 487 g/mol. The Labute approximate surface area is 212 Å². The van der Waals surface area contributed by atoms with Crippen LogP contribution in [-0.2, 0) is 18.6 Å². The number of halogens is 1. The van der Waals surface area contributed by atoms with E-state index in [0.29, 0.717) is 25.5 Å². The summed E-state index contributed by atoms with van der Waals surface area (Å²) in [5.41, 5.74) is 2.59. The predicted octanol–water partition coefficient (Wildman–Crippen LogP) is 7.14. The highest BCUT2D eigenvalue weighted by molar-refractivity contribution is 6.17. The minimum Gasteiger partial charge on any atom is -0.494 e. The molecule has 0 amide bonds. The lowest BCUT2D eigenvalue weighted by Crippen LogP contribution is -2.30. The van der Waals surface area contributed by atoms with Gasteiger partial charge in [0.05, 0.1) is 6.61 Å². The van der Waals surface area contributed by atoms with Crippen LogP contribution in [0.25, 0.3) is 0 Å². The third-order valence-corrected chi connectivity index (χ3v) is 6.28. The van der Waals surface area contributed by atoms with Crippen LogP contribution in [0.3, 0.4) is 0 Å². The summed E-state index contributed by atoms with van der Waals surface area (Å²) in [6, 6.07) is 35.6. The van der Waals surface area contributed by atoms with Gasteiger partial charge in [-0.05, 0) is 59.4 Å². The molecule has 0 aliphatic heterocycles. The molecule has 0 aromatic heterocycles. The van der Waals surface area contributed by atoms with Crippen molar-refractivity contribution in [1.82, 2.24) is 0 Å². The summed E-state index contributed by atoms with van der Waals surface area (Å²) in [4.78, 5) is 0. The monoisotopic (exact) mass is 486 g/mol. The van der Waals surface area contributed by atoms with E-state index < -0.39 is 5.60 Å². The van der Waals surface area contributed by atoms with Crippen molar-refractivity contribution in [2.75, 3.05) is 12.5 Å². The summed E-state index contributed by atoms with van der Waals surface area (Å²) < 4.78 is 11.8. The van der Waals surface area contributed by atoms with Crippen LogP contribution in [0.2, 0.25) is 0 Å². The van der Waals surface area contributed by atoms with E-state index in [1.54, 1.807) is 0 Å². The van der Waals surface area contributed by atoms with Crippen LogP contribution in [0.4, 0.5) is 0 Å². The summed E-state index contributed by atoms with van der Waals surface area (Å²) in [5, 5.41) is 12.0. The minimum absolute atomic E-state index is 0.452. The number of hydrogen-bond donors (Lipinski definition) is 1. The summed E-state index contributed by atoms with van der Waals surface area (Å²) in [6.45, 7) is 1.13. The molecule has 4 rings (SSSR count). The Bertz CT molecular complexity index is 1150. The van der Waals surface area contributed by atoms with Crippen molar-refractivity contribution in [1.29, 1.82) is 0 Å². The smallest absolute Gasteiger partial charge is 0.119 e. The first-order chi connectivity index (χ1) is 17.2. The van der Waals surface area contributed by atoms with E-state index in [-0.39, 0.29) is 0 Å². The maximum Gasteiger partial charge on any atom is 0.119 e. The zero-order chi connectivity index (χ0) is 24.3. The van der Waals surface area contributed by atoms with Crippen LogP contribution < -0.4 is 9.47 Å². The van der Waals surface area contributed by atoms with Crippen molar-refractivity contribution in [3.05, 3.63) is 131 Å². The molecule has 180 valence electrons. The van der Waals surface area contributed by atoms with E-state index in [2.05, 4.69) is 0 Å². The van der Waals surface area contributed by atoms with Crippen LogP contribution in [0.1, 0.15) is 35.1 Å². The van der Waals surface area contributed by atoms with Gasteiger partial charge < -0.3 is 14.6 Å². The first kappa shape index (κ1) is 24.8.